The lowest BCUT2D eigenvalue weighted by Gasteiger charge is -2.35. The van der Waals surface area contributed by atoms with Gasteiger partial charge in [-0.15, -0.1) is 11.3 Å². The Hall–Kier alpha value is -0.940. The summed E-state index contributed by atoms with van der Waals surface area (Å²) in [6.07, 6.45) is 0. The summed E-state index contributed by atoms with van der Waals surface area (Å²) in [5.41, 5.74) is 1.26. The van der Waals surface area contributed by atoms with E-state index in [-0.39, 0.29) is 11.9 Å². The molecule has 1 saturated heterocycles. The van der Waals surface area contributed by atoms with Crippen molar-refractivity contribution in [3.8, 4) is 0 Å². The number of thiophene rings is 1. The Labute approximate surface area is 133 Å². The second-order valence-electron chi connectivity index (χ2n) is 5.30. The first kappa shape index (κ1) is 15.0. The SMILES string of the molecule is Cc1ccc(Cl)c([C@@H](c2cccs2)N2CCNCC2)c1F. The van der Waals surface area contributed by atoms with E-state index < -0.39 is 0 Å². The first-order valence-electron chi connectivity index (χ1n) is 7.11. The molecule has 2 aromatic rings. The molecule has 1 aromatic heterocycles. The van der Waals surface area contributed by atoms with Gasteiger partial charge in [0.05, 0.1) is 6.04 Å². The van der Waals surface area contributed by atoms with Gasteiger partial charge in [0.15, 0.2) is 0 Å². The van der Waals surface area contributed by atoms with E-state index in [0.29, 0.717) is 16.1 Å². The molecule has 1 aliphatic heterocycles. The van der Waals surface area contributed by atoms with Crippen LogP contribution in [-0.4, -0.2) is 31.1 Å². The molecular weight excluding hydrogens is 307 g/mol. The monoisotopic (exact) mass is 324 g/mol. The summed E-state index contributed by atoms with van der Waals surface area (Å²) in [4.78, 5) is 3.45. The van der Waals surface area contributed by atoms with Gasteiger partial charge in [0.1, 0.15) is 5.82 Å². The third-order valence-corrected chi connectivity index (χ3v) is 5.18. The third kappa shape index (κ3) is 2.99. The zero-order chi connectivity index (χ0) is 14.8. The smallest absolute Gasteiger partial charge is 0.132 e. The van der Waals surface area contributed by atoms with Crippen LogP contribution in [0.5, 0.6) is 0 Å². The van der Waals surface area contributed by atoms with Crippen molar-refractivity contribution in [1.29, 1.82) is 0 Å². The summed E-state index contributed by atoms with van der Waals surface area (Å²) in [5, 5.41) is 5.89. The van der Waals surface area contributed by atoms with Crippen molar-refractivity contribution in [3.05, 3.63) is 56.5 Å². The van der Waals surface area contributed by atoms with Gasteiger partial charge in [-0.05, 0) is 30.0 Å². The quantitative estimate of drug-likeness (QED) is 0.922. The number of piperazine rings is 1. The molecule has 0 aliphatic carbocycles. The zero-order valence-electron chi connectivity index (χ0n) is 11.9. The number of aryl methyl sites for hydroxylation is 1. The minimum atomic E-state index is -0.181. The number of halogens is 2. The highest BCUT2D eigenvalue weighted by Crippen LogP contribution is 2.38. The Morgan fingerprint density at radius 1 is 1.29 bits per heavy atom. The molecule has 2 heterocycles. The number of nitrogens with zero attached hydrogens (tertiary/aromatic N) is 1. The molecule has 0 saturated carbocycles. The average molecular weight is 325 g/mol. The fraction of sp³-hybridized carbons (Fsp3) is 0.375. The predicted octanol–water partition coefficient (Wildman–Crippen LogP) is 3.84. The summed E-state index contributed by atoms with van der Waals surface area (Å²) in [6, 6.07) is 7.52. The van der Waals surface area contributed by atoms with Crippen LogP contribution in [-0.2, 0) is 0 Å². The highest BCUT2D eigenvalue weighted by Gasteiger charge is 2.29. The molecule has 1 N–H and O–H groups in total. The van der Waals surface area contributed by atoms with E-state index in [9.17, 15) is 4.39 Å². The van der Waals surface area contributed by atoms with E-state index in [1.54, 1.807) is 30.4 Å². The van der Waals surface area contributed by atoms with E-state index >= 15 is 0 Å². The maximum absolute atomic E-state index is 14.7. The lowest BCUT2D eigenvalue weighted by molar-refractivity contribution is 0.197. The van der Waals surface area contributed by atoms with Crippen LogP contribution in [0, 0.1) is 12.7 Å². The fourth-order valence-electron chi connectivity index (χ4n) is 2.82. The van der Waals surface area contributed by atoms with Crippen molar-refractivity contribution in [2.45, 2.75) is 13.0 Å². The van der Waals surface area contributed by atoms with Gasteiger partial charge in [0, 0.05) is 41.6 Å². The molecule has 1 fully saturated rings. The molecule has 1 aromatic carbocycles. The average Bonchev–Trinajstić information content (AvgIpc) is 3.02. The topological polar surface area (TPSA) is 15.3 Å². The summed E-state index contributed by atoms with van der Waals surface area (Å²) in [6.45, 7) is 5.43. The molecule has 1 aliphatic rings. The maximum atomic E-state index is 14.7. The largest absolute Gasteiger partial charge is 0.314 e. The fourth-order valence-corrected chi connectivity index (χ4v) is 3.94. The third-order valence-electron chi connectivity index (χ3n) is 3.92. The van der Waals surface area contributed by atoms with Crippen LogP contribution in [0.4, 0.5) is 4.39 Å². The Balaban J connectivity index is 2.09. The molecule has 3 rings (SSSR count). The van der Waals surface area contributed by atoms with Gasteiger partial charge in [-0.3, -0.25) is 4.90 Å². The number of nitrogens with one attached hydrogen (secondary N) is 1. The molecule has 0 spiro atoms. The van der Waals surface area contributed by atoms with Crippen LogP contribution in [0.3, 0.4) is 0 Å². The highest BCUT2D eigenvalue weighted by atomic mass is 35.5. The number of hydrogen-bond acceptors (Lipinski definition) is 3. The van der Waals surface area contributed by atoms with E-state index in [1.807, 2.05) is 11.4 Å². The van der Waals surface area contributed by atoms with E-state index in [2.05, 4.69) is 16.3 Å². The van der Waals surface area contributed by atoms with Crippen molar-refractivity contribution < 1.29 is 4.39 Å². The van der Waals surface area contributed by atoms with Crippen molar-refractivity contribution in [2.24, 2.45) is 0 Å². The molecule has 0 bridgehead atoms. The van der Waals surface area contributed by atoms with Crippen LogP contribution in [0.2, 0.25) is 5.02 Å². The van der Waals surface area contributed by atoms with Gasteiger partial charge < -0.3 is 5.32 Å². The molecule has 21 heavy (non-hydrogen) atoms. The second kappa shape index (κ2) is 6.44. The van der Waals surface area contributed by atoms with E-state index in [4.69, 9.17) is 11.6 Å². The molecule has 0 unspecified atom stereocenters. The minimum absolute atomic E-state index is 0.0977. The number of rotatable bonds is 3. The van der Waals surface area contributed by atoms with Gasteiger partial charge in [-0.1, -0.05) is 23.7 Å². The van der Waals surface area contributed by atoms with Crippen LogP contribution in [0.1, 0.15) is 22.0 Å². The van der Waals surface area contributed by atoms with Gasteiger partial charge in [-0.2, -0.15) is 0 Å². The summed E-state index contributed by atoms with van der Waals surface area (Å²) in [5.74, 6) is -0.181. The molecular formula is C16H18ClFN2S. The van der Waals surface area contributed by atoms with Crippen molar-refractivity contribution in [1.82, 2.24) is 10.2 Å². The maximum Gasteiger partial charge on any atom is 0.132 e. The molecule has 2 nitrogen and oxygen atoms in total. The molecule has 0 amide bonds. The van der Waals surface area contributed by atoms with Gasteiger partial charge >= 0.3 is 0 Å². The van der Waals surface area contributed by atoms with Crippen molar-refractivity contribution in [2.75, 3.05) is 26.2 Å². The van der Waals surface area contributed by atoms with Crippen LogP contribution in [0.15, 0.2) is 29.6 Å². The number of benzene rings is 1. The Bertz CT molecular complexity index is 609. The molecule has 0 radical (unpaired) electrons. The summed E-state index contributed by atoms with van der Waals surface area (Å²) < 4.78 is 14.7. The molecule has 112 valence electrons. The lowest BCUT2D eigenvalue weighted by Crippen LogP contribution is -2.45. The Morgan fingerprint density at radius 3 is 2.71 bits per heavy atom. The summed E-state index contributed by atoms with van der Waals surface area (Å²) >= 11 is 8.01. The van der Waals surface area contributed by atoms with E-state index in [0.717, 1.165) is 31.1 Å². The van der Waals surface area contributed by atoms with Crippen LogP contribution >= 0.6 is 22.9 Å². The lowest BCUT2D eigenvalue weighted by atomic mass is 9.99. The van der Waals surface area contributed by atoms with E-state index in [1.165, 1.54) is 0 Å². The number of hydrogen-bond donors (Lipinski definition) is 1. The van der Waals surface area contributed by atoms with Crippen molar-refractivity contribution in [3.63, 3.8) is 0 Å². The minimum Gasteiger partial charge on any atom is -0.314 e. The van der Waals surface area contributed by atoms with Gasteiger partial charge in [-0.25, -0.2) is 4.39 Å². The predicted molar refractivity (Wildman–Crippen MR) is 86.8 cm³/mol. The standard InChI is InChI=1S/C16H18ClFN2S/c1-11-4-5-12(17)14(15(11)18)16(13-3-2-10-21-13)20-8-6-19-7-9-20/h2-5,10,16,19H,6-9H2,1H3/t16-/m1/s1. The second-order valence-corrected chi connectivity index (χ2v) is 6.68. The van der Waals surface area contributed by atoms with Crippen LogP contribution < -0.4 is 5.32 Å². The van der Waals surface area contributed by atoms with Gasteiger partial charge in [0.25, 0.3) is 0 Å². The Kier molecular flexibility index (Phi) is 4.60. The zero-order valence-corrected chi connectivity index (χ0v) is 13.5. The first-order chi connectivity index (χ1) is 10.2. The van der Waals surface area contributed by atoms with Gasteiger partial charge in [0.2, 0.25) is 0 Å². The molecule has 5 heteroatoms. The highest BCUT2D eigenvalue weighted by molar-refractivity contribution is 7.10. The van der Waals surface area contributed by atoms with Crippen LogP contribution in [0.25, 0.3) is 0 Å². The normalized spacial score (nSPS) is 17.9. The first-order valence-corrected chi connectivity index (χ1v) is 8.37. The Morgan fingerprint density at radius 2 is 2.05 bits per heavy atom. The molecule has 1 atom stereocenters. The van der Waals surface area contributed by atoms with Crippen molar-refractivity contribution >= 4 is 22.9 Å². The summed E-state index contributed by atoms with van der Waals surface area (Å²) in [7, 11) is 0.